The van der Waals surface area contributed by atoms with Crippen LogP contribution < -0.4 is 15.4 Å². The smallest absolute Gasteiger partial charge is 0.191 e. The Balaban J connectivity index is 1.89. The first-order valence-corrected chi connectivity index (χ1v) is 6.87. The predicted molar refractivity (Wildman–Crippen MR) is 78.9 cm³/mol. The van der Waals surface area contributed by atoms with Crippen LogP contribution in [0.25, 0.3) is 0 Å². The maximum absolute atomic E-state index is 5.94. The topological polar surface area (TPSA) is 45.7 Å². The van der Waals surface area contributed by atoms with Crippen molar-refractivity contribution < 1.29 is 4.74 Å². The van der Waals surface area contributed by atoms with Gasteiger partial charge in [0.05, 0.1) is 7.11 Å². The number of nitrogens with zero attached hydrogens (tertiary/aromatic N) is 1. The SMILES string of the molecule is CN=C(NCc1ccc(Cl)cc1OC)NCC1CC1. The summed E-state index contributed by atoms with van der Waals surface area (Å²) in [7, 11) is 3.43. The molecular formula is C14H20ClN3O. The first-order valence-electron chi connectivity index (χ1n) is 6.50. The molecule has 0 bridgehead atoms. The molecule has 1 aromatic rings. The molecule has 1 aliphatic carbocycles. The molecule has 1 fully saturated rings. The van der Waals surface area contributed by atoms with Crippen molar-refractivity contribution >= 4 is 17.6 Å². The van der Waals surface area contributed by atoms with Crippen LogP contribution in [0, 0.1) is 5.92 Å². The molecule has 19 heavy (non-hydrogen) atoms. The molecule has 0 atom stereocenters. The van der Waals surface area contributed by atoms with E-state index in [1.807, 2.05) is 18.2 Å². The first kappa shape index (κ1) is 14.0. The van der Waals surface area contributed by atoms with Gasteiger partial charge in [0.25, 0.3) is 0 Å². The Labute approximate surface area is 119 Å². The van der Waals surface area contributed by atoms with Crippen LogP contribution in [0.5, 0.6) is 5.75 Å². The summed E-state index contributed by atoms with van der Waals surface area (Å²) >= 11 is 5.94. The lowest BCUT2D eigenvalue weighted by Gasteiger charge is -2.13. The fraction of sp³-hybridized carbons (Fsp3) is 0.500. The summed E-state index contributed by atoms with van der Waals surface area (Å²) in [6, 6.07) is 5.64. The highest BCUT2D eigenvalue weighted by Gasteiger charge is 2.21. The Bertz CT molecular complexity index is 458. The minimum Gasteiger partial charge on any atom is -0.496 e. The molecule has 0 aliphatic heterocycles. The zero-order chi connectivity index (χ0) is 13.7. The van der Waals surface area contributed by atoms with Gasteiger partial charge in [-0.25, -0.2) is 0 Å². The third-order valence-corrected chi connectivity index (χ3v) is 3.41. The van der Waals surface area contributed by atoms with Gasteiger partial charge in [-0.2, -0.15) is 0 Å². The molecule has 2 rings (SSSR count). The van der Waals surface area contributed by atoms with Gasteiger partial charge in [-0.1, -0.05) is 17.7 Å². The zero-order valence-electron chi connectivity index (χ0n) is 11.4. The Morgan fingerprint density at radius 2 is 2.21 bits per heavy atom. The maximum Gasteiger partial charge on any atom is 0.191 e. The number of methoxy groups -OCH3 is 1. The average molecular weight is 282 g/mol. The van der Waals surface area contributed by atoms with Crippen molar-refractivity contribution in [2.75, 3.05) is 20.7 Å². The Morgan fingerprint density at radius 3 is 2.84 bits per heavy atom. The van der Waals surface area contributed by atoms with Crippen molar-refractivity contribution in [1.82, 2.24) is 10.6 Å². The monoisotopic (exact) mass is 281 g/mol. The number of ether oxygens (including phenoxy) is 1. The number of halogens is 1. The van der Waals surface area contributed by atoms with E-state index in [1.165, 1.54) is 12.8 Å². The molecule has 1 saturated carbocycles. The van der Waals surface area contributed by atoms with Crippen molar-refractivity contribution in [3.05, 3.63) is 28.8 Å². The largest absolute Gasteiger partial charge is 0.496 e. The molecule has 5 heteroatoms. The summed E-state index contributed by atoms with van der Waals surface area (Å²) in [4.78, 5) is 4.20. The molecular weight excluding hydrogens is 262 g/mol. The van der Waals surface area contributed by atoms with Crippen molar-refractivity contribution in [3.63, 3.8) is 0 Å². The van der Waals surface area contributed by atoms with Gasteiger partial charge in [-0.05, 0) is 30.9 Å². The van der Waals surface area contributed by atoms with E-state index in [9.17, 15) is 0 Å². The Hall–Kier alpha value is -1.42. The molecule has 0 aromatic heterocycles. The van der Waals surface area contributed by atoms with Crippen LogP contribution in [0.2, 0.25) is 5.02 Å². The molecule has 0 saturated heterocycles. The van der Waals surface area contributed by atoms with E-state index in [0.29, 0.717) is 11.6 Å². The molecule has 0 unspecified atom stereocenters. The van der Waals surface area contributed by atoms with E-state index in [0.717, 1.165) is 29.7 Å². The minimum absolute atomic E-state index is 0.657. The number of nitrogens with one attached hydrogen (secondary N) is 2. The van der Waals surface area contributed by atoms with Gasteiger partial charge in [0.2, 0.25) is 0 Å². The molecule has 0 heterocycles. The molecule has 4 nitrogen and oxygen atoms in total. The maximum atomic E-state index is 5.94. The quantitative estimate of drug-likeness (QED) is 0.644. The number of rotatable bonds is 5. The van der Waals surface area contributed by atoms with Gasteiger partial charge in [-0.3, -0.25) is 4.99 Å². The number of aliphatic imine (C=N–C) groups is 1. The summed E-state index contributed by atoms with van der Waals surface area (Å²) in [5, 5.41) is 7.28. The van der Waals surface area contributed by atoms with Gasteiger partial charge in [0.15, 0.2) is 5.96 Å². The average Bonchev–Trinajstić information content (AvgIpc) is 3.24. The highest BCUT2D eigenvalue weighted by Crippen LogP contribution is 2.27. The van der Waals surface area contributed by atoms with Gasteiger partial charge in [-0.15, -0.1) is 0 Å². The number of benzene rings is 1. The summed E-state index contributed by atoms with van der Waals surface area (Å²) in [6.07, 6.45) is 2.66. The van der Waals surface area contributed by atoms with Gasteiger partial charge in [0, 0.05) is 30.7 Å². The van der Waals surface area contributed by atoms with E-state index in [-0.39, 0.29) is 0 Å². The fourth-order valence-corrected chi connectivity index (χ4v) is 1.99. The van der Waals surface area contributed by atoms with Crippen LogP contribution in [0.1, 0.15) is 18.4 Å². The molecule has 0 amide bonds. The van der Waals surface area contributed by atoms with E-state index >= 15 is 0 Å². The van der Waals surface area contributed by atoms with Crippen molar-refractivity contribution in [3.8, 4) is 5.75 Å². The van der Waals surface area contributed by atoms with Crippen LogP contribution >= 0.6 is 11.6 Å². The van der Waals surface area contributed by atoms with Gasteiger partial charge < -0.3 is 15.4 Å². The number of guanidine groups is 1. The van der Waals surface area contributed by atoms with E-state index in [1.54, 1.807) is 14.2 Å². The molecule has 0 spiro atoms. The lowest BCUT2D eigenvalue weighted by atomic mass is 10.2. The van der Waals surface area contributed by atoms with Crippen molar-refractivity contribution in [2.45, 2.75) is 19.4 Å². The van der Waals surface area contributed by atoms with Crippen LogP contribution in [0.3, 0.4) is 0 Å². The second-order valence-corrected chi connectivity index (χ2v) is 5.14. The third kappa shape index (κ3) is 4.31. The first-order chi connectivity index (χ1) is 9.22. The van der Waals surface area contributed by atoms with Crippen LogP contribution in [0.4, 0.5) is 0 Å². The molecule has 1 aliphatic rings. The second kappa shape index (κ2) is 6.66. The van der Waals surface area contributed by atoms with Gasteiger partial charge in [0.1, 0.15) is 5.75 Å². The van der Waals surface area contributed by atoms with Crippen LogP contribution in [-0.4, -0.2) is 26.7 Å². The number of hydrogen-bond acceptors (Lipinski definition) is 2. The minimum atomic E-state index is 0.657. The van der Waals surface area contributed by atoms with E-state index in [2.05, 4.69) is 15.6 Å². The summed E-state index contributed by atoms with van der Waals surface area (Å²) in [6.45, 7) is 1.65. The van der Waals surface area contributed by atoms with E-state index in [4.69, 9.17) is 16.3 Å². The Kier molecular flexibility index (Phi) is 4.91. The lowest BCUT2D eigenvalue weighted by molar-refractivity contribution is 0.409. The summed E-state index contributed by atoms with van der Waals surface area (Å²) < 4.78 is 5.32. The Morgan fingerprint density at radius 1 is 1.42 bits per heavy atom. The lowest BCUT2D eigenvalue weighted by Crippen LogP contribution is -2.37. The summed E-state index contributed by atoms with van der Waals surface area (Å²) in [5.74, 6) is 2.44. The molecule has 0 radical (unpaired) electrons. The highest BCUT2D eigenvalue weighted by atomic mass is 35.5. The second-order valence-electron chi connectivity index (χ2n) is 4.71. The van der Waals surface area contributed by atoms with Crippen molar-refractivity contribution in [2.24, 2.45) is 10.9 Å². The van der Waals surface area contributed by atoms with E-state index < -0.39 is 0 Å². The van der Waals surface area contributed by atoms with Crippen molar-refractivity contribution in [1.29, 1.82) is 0 Å². The number of hydrogen-bond donors (Lipinski definition) is 2. The molecule has 104 valence electrons. The molecule has 1 aromatic carbocycles. The zero-order valence-corrected chi connectivity index (χ0v) is 12.1. The van der Waals surface area contributed by atoms with Crippen LogP contribution in [-0.2, 0) is 6.54 Å². The predicted octanol–water partition coefficient (Wildman–Crippen LogP) is 2.42. The van der Waals surface area contributed by atoms with Crippen LogP contribution in [0.15, 0.2) is 23.2 Å². The summed E-state index contributed by atoms with van der Waals surface area (Å²) in [5.41, 5.74) is 1.06. The highest BCUT2D eigenvalue weighted by molar-refractivity contribution is 6.30. The fourth-order valence-electron chi connectivity index (χ4n) is 1.83. The normalized spacial score (nSPS) is 15.2. The van der Waals surface area contributed by atoms with Gasteiger partial charge >= 0.3 is 0 Å². The molecule has 2 N–H and O–H groups in total. The standard InChI is InChI=1S/C14H20ClN3O/c1-16-14(17-8-10-3-4-10)18-9-11-5-6-12(15)7-13(11)19-2/h5-7,10H,3-4,8-9H2,1-2H3,(H2,16,17,18). The third-order valence-electron chi connectivity index (χ3n) is 3.17.